The lowest BCUT2D eigenvalue weighted by Crippen LogP contribution is -1.95. The Morgan fingerprint density at radius 2 is 2.45 bits per heavy atom. The van der Waals surface area contributed by atoms with Crippen LogP contribution in [-0.2, 0) is 0 Å². The molecule has 0 aromatic carbocycles. The molecule has 0 aliphatic heterocycles. The lowest BCUT2D eigenvalue weighted by Gasteiger charge is -2.01. The molecule has 1 rings (SSSR count). The summed E-state index contributed by atoms with van der Waals surface area (Å²) >= 11 is 0. The van der Waals surface area contributed by atoms with Gasteiger partial charge in [0.05, 0.1) is 0 Å². The van der Waals surface area contributed by atoms with Crippen molar-refractivity contribution in [3.8, 4) is 0 Å². The Morgan fingerprint density at radius 3 is 3.09 bits per heavy atom. The van der Waals surface area contributed by atoms with Crippen LogP contribution in [0.1, 0.15) is 19.8 Å². The van der Waals surface area contributed by atoms with E-state index >= 15 is 0 Å². The van der Waals surface area contributed by atoms with Gasteiger partial charge in [-0.25, -0.2) is 4.98 Å². The van der Waals surface area contributed by atoms with Gasteiger partial charge in [-0.15, -0.1) is 0 Å². The van der Waals surface area contributed by atoms with Gasteiger partial charge in [0.1, 0.15) is 5.82 Å². The van der Waals surface area contributed by atoms with Gasteiger partial charge in [-0.05, 0) is 18.6 Å². The Kier molecular flexibility index (Phi) is 3.45. The van der Waals surface area contributed by atoms with E-state index in [2.05, 4.69) is 17.2 Å². The number of aromatic nitrogens is 1. The molecule has 0 fully saturated rings. The van der Waals surface area contributed by atoms with E-state index < -0.39 is 0 Å². The minimum atomic E-state index is 0.918. The Bertz CT molecular complexity index is 184. The summed E-state index contributed by atoms with van der Waals surface area (Å²) in [4.78, 5) is 4.11. The van der Waals surface area contributed by atoms with Crippen molar-refractivity contribution in [1.82, 2.24) is 4.98 Å². The summed E-state index contributed by atoms with van der Waals surface area (Å²) in [5.74, 6) is 0.918. The van der Waals surface area contributed by atoms with Crippen molar-refractivity contribution in [3.63, 3.8) is 0 Å². The molecule has 0 saturated carbocycles. The second-order valence-corrected chi connectivity index (χ2v) is 2.35. The number of rotatable bonds is 4. The molecule has 0 amide bonds. The first-order valence-electron chi connectivity index (χ1n) is 3.92. The fourth-order valence-electron chi connectivity index (χ4n) is 0.769. The third-order valence-corrected chi connectivity index (χ3v) is 1.35. The molecule has 0 aliphatic rings. The van der Waals surface area contributed by atoms with Crippen LogP contribution < -0.4 is 5.32 Å². The summed E-state index contributed by atoms with van der Waals surface area (Å²) in [6.07, 6.45) is 4.03. The first kappa shape index (κ1) is 8.05. The van der Waals surface area contributed by atoms with Gasteiger partial charge in [0.25, 0.3) is 0 Å². The molecular formula is C9H13N2. The Labute approximate surface area is 67.7 Å². The minimum absolute atomic E-state index is 0.918. The molecule has 0 saturated heterocycles. The van der Waals surface area contributed by atoms with Crippen LogP contribution in [0.2, 0.25) is 0 Å². The molecule has 1 aromatic rings. The molecule has 59 valence electrons. The second kappa shape index (κ2) is 4.72. The molecule has 11 heavy (non-hydrogen) atoms. The normalized spacial score (nSPS) is 9.55. The predicted molar refractivity (Wildman–Crippen MR) is 47.1 cm³/mol. The third kappa shape index (κ3) is 3.03. The van der Waals surface area contributed by atoms with E-state index in [1.165, 1.54) is 6.42 Å². The molecule has 2 heteroatoms. The van der Waals surface area contributed by atoms with E-state index in [1.807, 2.05) is 24.7 Å². The summed E-state index contributed by atoms with van der Waals surface area (Å²) in [7, 11) is 0. The number of pyridine rings is 1. The largest absolute Gasteiger partial charge is 0.365 e. The van der Waals surface area contributed by atoms with Gasteiger partial charge in [0, 0.05) is 12.7 Å². The topological polar surface area (TPSA) is 24.9 Å². The van der Waals surface area contributed by atoms with Crippen molar-refractivity contribution < 1.29 is 0 Å². The van der Waals surface area contributed by atoms with Gasteiger partial charge >= 0.3 is 0 Å². The van der Waals surface area contributed by atoms with E-state index in [0.29, 0.717) is 0 Å². The van der Waals surface area contributed by atoms with Gasteiger partial charge in [0.15, 0.2) is 0 Å². The van der Waals surface area contributed by atoms with Crippen LogP contribution in [0, 0.1) is 6.54 Å². The van der Waals surface area contributed by atoms with Crippen LogP contribution >= 0.6 is 0 Å². The van der Waals surface area contributed by atoms with Crippen molar-refractivity contribution in [2.75, 3.05) is 5.32 Å². The molecule has 0 spiro atoms. The first-order valence-corrected chi connectivity index (χ1v) is 3.92. The SMILES string of the molecule is CCC[CH]Nc1ccccn1. The van der Waals surface area contributed by atoms with E-state index in [0.717, 1.165) is 12.2 Å². The zero-order chi connectivity index (χ0) is 7.94. The Hall–Kier alpha value is -1.05. The standard InChI is InChI=1S/C9H13N2/c1-2-3-7-10-9-6-4-5-8-11-9/h4-8H,2-3H2,1H3,(H,10,11). The summed E-state index contributed by atoms with van der Waals surface area (Å²) in [5.41, 5.74) is 0. The van der Waals surface area contributed by atoms with E-state index in [1.54, 1.807) is 6.20 Å². The number of nitrogens with one attached hydrogen (secondary N) is 1. The highest BCUT2D eigenvalue weighted by molar-refractivity contribution is 5.34. The number of hydrogen-bond donors (Lipinski definition) is 1. The lowest BCUT2D eigenvalue weighted by atomic mass is 10.3. The van der Waals surface area contributed by atoms with Crippen LogP contribution in [0.5, 0.6) is 0 Å². The van der Waals surface area contributed by atoms with E-state index in [9.17, 15) is 0 Å². The van der Waals surface area contributed by atoms with Crippen molar-refractivity contribution in [2.24, 2.45) is 0 Å². The van der Waals surface area contributed by atoms with Gasteiger partial charge in [-0.2, -0.15) is 0 Å². The maximum atomic E-state index is 4.11. The first-order chi connectivity index (χ1) is 5.43. The Balaban J connectivity index is 2.28. The molecule has 0 aliphatic carbocycles. The number of nitrogens with zero attached hydrogens (tertiary/aromatic N) is 1. The molecule has 0 atom stereocenters. The fraction of sp³-hybridized carbons (Fsp3) is 0.333. The van der Waals surface area contributed by atoms with Gasteiger partial charge in [-0.3, -0.25) is 0 Å². The smallest absolute Gasteiger partial charge is 0.126 e. The highest BCUT2D eigenvalue weighted by Gasteiger charge is 1.88. The molecule has 1 aromatic heterocycles. The Morgan fingerprint density at radius 1 is 1.55 bits per heavy atom. The monoisotopic (exact) mass is 149 g/mol. The number of unbranched alkanes of at least 4 members (excludes halogenated alkanes) is 1. The van der Waals surface area contributed by atoms with Crippen LogP contribution in [-0.4, -0.2) is 4.98 Å². The highest BCUT2D eigenvalue weighted by Crippen LogP contribution is 2.02. The quantitative estimate of drug-likeness (QED) is 0.665. The molecular weight excluding hydrogens is 136 g/mol. The molecule has 0 unspecified atom stereocenters. The maximum absolute atomic E-state index is 4.11. The predicted octanol–water partition coefficient (Wildman–Crippen LogP) is 2.46. The van der Waals surface area contributed by atoms with E-state index in [4.69, 9.17) is 0 Å². The molecule has 1 heterocycles. The van der Waals surface area contributed by atoms with Crippen LogP contribution in [0.25, 0.3) is 0 Å². The highest BCUT2D eigenvalue weighted by atomic mass is 15.0. The lowest BCUT2D eigenvalue weighted by molar-refractivity contribution is 0.902. The van der Waals surface area contributed by atoms with Crippen molar-refractivity contribution in [3.05, 3.63) is 30.9 Å². The van der Waals surface area contributed by atoms with Crippen LogP contribution in [0.15, 0.2) is 24.4 Å². The molecule has 1 radical (unpaired) electrons. The van der Waals surface area contributed by atoms with Crippen molar-refractivity contribution >= 4 is 5.82 Å². The molecule has 2 nitrogen and oxygen atoms in total. The summed E-state index contributed by atoms with van der Waals surface area (Å²) in [6, 6.07) is 5.83. The molecule has 0 bridgehead atoms. The minimum Gasteiger partial charge on any atom is -0.365 e. The second-order valence-electron chi connectivity index (χ2n) is 2.35. The maximum Gasteiger partial charge on any atom is 0.126 e. The average Bonchev–Trinajstić information content (AvgIpc) is 2.07. The number of hydrogen-bond acceptors (Lipinski definition) is 2. The summed E-state index contributed by atoms with van der Waals surface area (Å²) < 4.78 is 0. The zero-order valence-corrected chi connectivity index (χ0v) is 6.75. The van der Waals surface area contributed by atoms with Crippen LogP contribution in [0.4, 0.5) is 5.82 Å². The zero-order valence-electron chi connectivity index (χ0n) is 6.75. The third-order valence-electron chi connectivity index (χ3n) is 1.35. The molecule has 1 N–H and O–H groups in total. The summed E-state index contributed by atoms with van der Waals surface area (Å²) in [6.45, 7) is 4.18. The number of anilines is 1. The average molecular weight is 149 g/mol. The van der Waals surface area contributed by atoms with Gasteiger partial charge < -0.3 is 5.32 Å². The van der Waals surface area contributed by atoms with E-state index in [-0.39, 0.29) is 0 Å². The van der Waals surface area contributed by atoms with Gasteiger partial charge in [0.2, 0.25) is 0 Å². The van der Waals surface area contributed by atoms with Crippen molar-refractivity contribution in [2.45, 2.75) is 19.8 Å². The van der Waals surface area contributed by atoms with Gasteiger partial charge in [-0.1, -0.05) is 19.4 Å². The summed E-state index contributed by atoms with van der Waals surface area (Å²) in [5, 5.41) is 3.11. The van der Waals surface area contributed by atoms with Crippen LogP contribution in [0.3, 0.4) is 0 Å². The fourth-order valence-corrected chi connectivity index (χ4v) is 0.769. The van der Waals surface area contributed by atoms with Crippen molar-refractivity contribution in [1.29, 1.82) is 0 Å².